The summed E-state index contributed by atoms with van der Waals surface area (Å²) in [5.74, 6) is 1.28. The number of aryl methyl sites for hydroxylation is 1. The molecule has 1 aromatic carbocycles. The third-order valence-electron chi connectivity index (χ3n) is 6.13. The molecule has 1 N–H and O–H groups in total. The molecule has 0 saturated heterocycles. The van der Waals surface area contributed by atoms with Crippen LogP contribution in [0.5, 0.6) is 11.5 Å². The highest BCUT2D eigenvalue weighted by Crippen LogP contribution is 2.54. The van der Waals surface area contributed by atoms with Crippen LogP contribution in [0.25, 0.3) is 0 Å². The number of unbranched alkanes of at least 4 members (excludes halogenated alkanes) is 2. The summed E-state index contributed by atoms with van der Waals surface area (Å²) in [5.41, 5.74) is 3.31. The molecule has 0 radical (unpaired) electrons. The van der Waals surface area contributed by atoms with Crippen molar-refractivity contribution in [1.29, 1.82) is 0 Å². The minimum absolute atomic E-state index is 0.0605. The van der Waals surface area contributed by atoms with Crippen molar-refractivity contribution < 1.29 is 14.6 Å². The summed E-state index contributed by atoms with van der Waals surface area (Å²) < 4.78 is 6.39. The lowest BCUT2D eigenvalue weighted by atomic mass is 9.67. The predicted octanol–water partition coefficient (Wildman–Crippen LogP) is 5.94. The zero-order valence-corrected chi connectivity index (χ0v) is 16.8. The molecule has 1 aliphatic heterocycles. The molecule has 0 fully saturated rings. The smallest absolute Gasteiger partial charge is 0.163 e. The topological polar surface area (TPSA) is 46.5 Å². The van der Waals surface area contributed by atoms with Gasteiger partial charge in [-0.2, -0.15) is 0 Å². The molecule has 0 unspecified atom stereocenters. The van der Waals surface area contributed by atoms with Gasteiger partial charge in [0.25, 0.3) is 0 Å². The van der Waals surface area contributed by atoms with Crippen LogP contribution in [0, 0.1) is 5.92 Å². The van der Waals surface area contributed by atoms with Gasteiger partial charge in [0.15, 0.2) is 5.78 Å². The lowest BCUT2D eigenvalue weighted by molar-refractivity contribution is 0.0107. The van der Waals surface area contributed by atoms with Crippen molar-refractivity contribution in [1.82, 2.24) is 0 Å². The Morgan fingerprint density at radius 3 is 2.73 bits per heavy atom. The molecule has 142 valence electrons. The Morgan fingerprint density at radius 2 is 2.08 bits per heavy atom. The van der Waals surface area contributed by atoms with Gasteiger partial charge in [-0.15, -0.1) is 0 Å². The first kappa shape index (κ1) is 19.0. The number of aromatic hydroxyl groups is 1. The maximum atomic E-state index is 12.3. The Kier molecular flexibility index (Phi) is 5.18. The number of ether oxygens (including phenoxy) is 1. The zero-order valence-electron chi connectivity index (χ0n) is 16.8. The third kappa shape index (κ3) is 3.28. The summed E-state index contributed by atoms with van der Waals surface area (Å²) >= 11 is 0. The van der Waals surface area contributed by atoms with Gasteiger partial charge < -0.3 is 9.84 Å². The summed E-state index contributed by atoms with van der Waals surface area (Å²) in [4.78, 5) is 12.3. The molecule has 3 rings (SSSR count). The lowest BCUT2D eigenvalue weighted by Crippen LogP contribution is -2.45. The Balaban J connectivity index is 2.15. The average Bonchev–Trinajstić information content (AvgIpc) is 2.53. The van der Waals surface area contributed by atoms with E-state index in [4.69, 9.17) is 4.74 Å². The second-order valence-electron chi connectivity index (χ2n) is 8.57. The lowest BCUT2D eigenvalue weighted by Gasteiger charge is -2.46. The maximum Gasteiger partial charge on any atom is 0.163 e. The molecule has 3 heteroatoms. The molecular formula is C23H32O3. The van der Waals surface area contributed by atoms with E-state index in [1.54, 1.807) is 6.92 Å². The Labute approximate surface area is 157 Å². The fourth-order valence-electron chi connectivity index (χ4n) is 4.77. The minimum Gasteiger partial charge on any atom is -0.507 e. The van der Waals surface area contributed by atoms with Gasteiger partial charge in [-0.25, -0.2) is 0 Å². The Morgan fingerprint density at radius 1 is 1.35 bits per heavy atom. The molecule has 0 spiro atoms. The van der Waals surface area contributed by atoms with Crippen LogP contribution in [0.15, 0.2) is 17.7 Å². The summed E-state index contributed by atoms with van der Waals surface area (Å²) in [6, 6.07) is 2.02. The van der Waals surface area contributed by atoms with Crippen molar-refractivity contribution in [2.45, 2.75) is 84.7 Å². The SMILES string of the molecule is CCCCCc1cc2c(c(O)c1C(C)=O)[C@@H]1C=C(C)CC[C@H]1C(C)(C)O2. The van der Waals surface area contributed by atoms with E-state index in [2.05, 4.69) is 33.8 Å². The number of hydrogen-bond donors (Lipinski definition) is 1. The number of carbonyl (C=O) groups excluding carboxylic acids is 1. The molecule has 0 amide bonds. The highest BCUT2D eigenvalue weighted by molar-refractivity contribution is 5.99. The number of phenols is 1. The van der Waals surface area contributed by atoms with Crippen molar-refractivity contribution >= 4 is 5.78 Å². The van der Waals surface area contributed by atoms with Crippen LogP contribution < -0.4 is 4.74 Å². The van der Waals surface area contributed by atoms with E-state index in [-0.39, 0.29) is 23.1 Å². The summed E-state index contributed by atoms with van der Waals surface area (Å²) in [6.07, 6.45) is 8.46. The second kappa shape index (κ2) is 7.09. The zero-order chi connectivity index (χ0) is 19.1. The fraction of sp³-hybridized carbons (Fsp3) is 0.609. The monoisotopic (exact) mass is 356 g/mol. The quantitative estimate of drug-likeness (QED) is 0.403. The standard InChI is InChI=1S/C23H32O3/c1-6-7-8-9-16-13-19-21(22(25)20(16)15(3)24)17-12-14(2)10-11-18(17)23(4,5)26-19/h12-13,17-18,25H,6-11H2,1-5H3/t17-,18-/m1/s1. The number of hydrogen-bond acceptors (Lipinski definition) is 3. The minimum atomic E-state index is -0.278. The van der Waals surface area contributed by atoms with Crippen LogP contribution in [0.3, 0.4) is 0 Å². The highest BCUT2D eigenvalue weighted by Gasteiger charge is 2.46. The van der Waals surface area contributed by atoms with E-state index in [0.717, 1.165) is 55.4 Å². The fourth-order valence-corrected chi connectivity index (χ4v) is 4.77. The molecular weight excluding hydrogens is 324 g/mol. The Hall–Kier alpha value is -1.77. The number of phenolic OH excluding ortho intramolecular Hbond substituents is 1. The Bertz CT molecular complexity index is 742. The number of rotatable bonds is 5. The van der Waals surface area contributed by atoms with E-state index < -0.39 is 0 Å². The number of allylic oxidation sites excluding steroid dienone is 2. The van der Waals surface area contributed by atoms with Crippen LogP contribution in [0.2, 0.25) is 0 Å². The van der Waals surface area contributed by atoms with Gasteiger partial charge in [-0.1, -0.05) is 31.4 Å². The summed E-state index contributed by atoms with van der Waals surface area (Å²) in [5, 5.41) is 11.1. The van der Waals surface area contributed by atoms with Crippen molar-refractivity contribution in [2.24, 2.45) is 5.92 Å². The molecule has 2 aliphatic rings. The van der Waals surface area contributed by atoms with E-state index in [9.17, 15) is 9.90 Å². The van der Waals surface area contributed by atoms with Gasteiger partial charge in [0.2, 0.25) is 0 Å². The summed E-state index contributed by atoms with van der Waals surface area (Å²) in [6.45, 7) is 10.2. The molecule has 3 nitrogen and oxygen atoms in total. The molecule has 1 aromatic rings. The van der Waals surface area contributed by atoms with Crippen LogP contribution in [0.1, 0.15) is 94.1 Å². The molecule has 1 aliphatic carbocycles. The molecule has 26 heavy (non-hydrogen) atoms. The van der Waals surface area contributed by atoms with Gasteiger partial charge >= 0.3 is 0 Å². The third-order valence-corrected chi connectivity index (χ3v) is 6.13. The number of Topliss-reactive ketones (excluding diaryl/α,β-unsaturated/α-hetero) is 1. The van der Waals surface area contributed by atoms with Crippen molar-refractivity contribution in [3.8, 4) is 11.5 Å². The first-order valence-corrected chi connectivity index (χ1v) is 10.0. The van der Waals surface area contributed by atoms with Gasteiger partial charge in [0.1, 0.15) is 17.1 Å². The largest absolute Gasteiger partial charge is 0.507 e. The molecule has 2 atom stereocenters. The maximum absolute atomic E-state index is 12.3. The van der Waals surface area contributed by atoms with Crippen LogP contribution in [0.4, 0.5) is 0 Å². The summed E-state index contributed by atoms with van der Waals surface area (Å²) in [7, 11) is 0. The molecule has 0 aromatic heterocycles. The van der Waals surface area contributed by atoms with Crippen molar-refractivity contribution in [3.05, 3.63) is 34.4 Å². The van der Waals surface area contributed by atoms with E-state index in [0.29, 0.717) is 11.5 Å². The first-order chi connectivity index (χ1) is 12.3. The van der Waals surface area contributed by atoms with Crippen LogP contribution >= 0.6 is 0 Å². The van der Waals surface area contributed by atoms with Gasteiger partial charge in [-0.05, 0) is 65.0 Å². The van der Waals surface area contributed by atoms with E-state index in [1.807, 2.05) is 6.07 Å². The van der Waals surface area contributed by atoms with Crippen LogP contribution in [-0.4, -0.2) is 16.5 Å². The predicted molar refractivity (Wildman–Crippen MR) is 105 cm³/mol. The number of fused-ring (bicyclic) bond motifs is 3. The van der Waals surface area contributed by atoms with Gasteiger partial charge in [-0.3, -0.25) is 4.79 Å². The number of ketones is 1. The number of benzene rings is 1. The van der Waals surface area contributed by atoms with Gasteiger partial charge in [0.05, 0.1) is 5.56 Å². The normalized spacial score (nSPS) is 23.5. The molecule has 0 saturated carbocycles. The van der Waals surface area contributed by atoms with E-state index >= 15 is 0 Å². The molecule has 0 bridgehead atoms. The average molecular weight is 357 g/mol. The number of carbonyl (C=O) groups is 1. The van der Waals surface area contributed by atoms with Crippen LogP contribution in [-0.2, 0) is 6.42 Å². The highest BCUT2D eigenvalue weighted by atomic mass is 16.5. The van der Waals surface area contributed by atoms with Gasteiger partial charge in [0, 0.05) is 17.4 Å². The van der Waals surface area contributed by atoms with Crippen molar-refractivity contribution in [3.63, 3.8) is 0 Å². The van der Waals surface area contributed by atoms with E-state index in [1.165, 1.54) is 5.57 Å². The first-order valence-electron chi connectivity index (χ1n) is 10.0. The second-order valence-corrected chi connectivity index (χ2v) is 8.57. The van der Waals surface area contributed by atoms with Crippen molar-refractivity contribution in [2.75, 3.05) is 0 Å². The molecule has 1 heterocycles.